The smallest absolute Gasteiger partial charge is 0.317 e. The Labute approximate surface area is 166 Å². The maximum atomic E-state index is 12.7. The van der Waals surface area contributed by atoms with Crippen molar-refractivity contribution in [3.8, 4) is 0 Å². The number of carbonyl (C=O) groups excluding carboxylic acids is 2. The summed E-state index contributed by atoms with van der Waals surface area (Å²) in [5.74, 6) is 0.390. The highest BCUT2D eigenvalue weighted by Crippen LogP contribution is 2.35. The number of likely N-dealkylation sites (tertiary alicyclic amines) is 1. The number of rotatable bonds is 5. The van der Waals surface area contributed by atoms with Gasteiger partial charge in [-0.2, -0.15) is 0 Å². The Morgan fingerprint density at radius 1 is 1.19 bits per heavy atom. The predicted molar refractivity (Wildman–Crippen MR) is 106 cm³/mol. The van der Waals surface area contributed by atoms with Gasteiger partial charge < -0.3 is 15.0 Å². The highest BCUT2D eigenvalue weighted by molar-refractivity contribution is 6.31. The minimum absolute atomic E-state index is 0.00932. The van der Waals surface area contributed by atoms with Gasteiger partial charge in [0, 0.05) is 18.1 Å². The van der Waals surface area contributed by atoms with Crippen LogP contribution in [-0.2, 0) is 9.53 Å². The van der Waals surface area contributed by atoms with Crippen LogP contribution < -0.4 is 5.32 Å². The standard InChI is InChI=1S/C21H29ClN2O3/c1-2-27-20(25)16-11-9-15(10-12-16)14-23-21(26)24-13-5-8-19(24)17-6-3-4-7-18(17)22/h3-4,6-7,15-16,19H,2,5,8-14H2,1H3,(H,23,26)/t15?,16?,19-/m0/s1. The van der Waals surface area contributed by atoms with E-state index in [4.69, 9.17) is 16.3 Å². The fraction of sp³-hybridized carbons (Fsp3) is 0.619. The predicted octanol–water partition coefficient (Wildman–Crippen LogP) is 4.56. The third-order valence-electron chi connectivity index (χ3n) is 5.79. The lowest BCUT2D eigenvalue weighted by molar-refractivity contribution is -0.149. The van der Waals surface area contributed by atoms with Gasteiger partial charge in [-0.05, 0) is 63.0 Å². The van der Waals surface area contributed by atoms with Crippen LogP contribution in [0.5, 0.6) is 0 Å². The summed E-state index contributed by atoms with van der Waals surface area (Å²) in [6.45, 7) is 3.71. The number of amides is 2. The van der Waals surface area contributed by atoms with E-state index in [1.54, 1.807) is 0 Å². The molecule has 1 aliphatic carbocycles. The monoisotopic (exact) mass is 392 g/mol. The van der Waals surface area contributed by atoms with Gasteiger partial charge in [0.2, 0.25) is 0 Å². The molecule has 148 valence electrons. The summed E-state index contributed by atoms with van der Waals surface area (Å²) in [7, 11) is 0. The maximum Gasteiger partial charge on any atom is 0.317 e. The number of esters is 1. The Balaban J connectivity index is 1.48. The summed E-state index contributed by atoms with van der Waals surface area (Å²) in [4.78, 5) is 26.5. The third-order valence-corrected chi connectivity index (χ3v) is 6.13. The van der Waals surface area contributed by atoms with Gasteiger partial charge in [0.25, 0.3) is 0 Å². The lowest BCUT2D eigenvalue weighted by atomic mass is 9.82. The van der Waals surface area contributed by atoms with Gasteiger partial charge in [-0.25, -0.2) is 4.79 Å². The first-order valence-corrected chi connectivity index (χ1v) is 10.4. The first kappa shape index (κ1) is 20.0. The molecule has 1 N–H and O–H groups in total. The molecule has 1 saturated heterocycles. The average Bonchev–Trinajstić information content (AvgIpc) is 3.17. The van der Waals surface area contributed by atoms with Gasteiger partial charge in [0.05, 0.1) is 18.6 Å². The van der Waals surface area contributed by atoms with E-state index in [0.717, 1.165) is 55.7 Å². The van der Waals surface area contributed by atoms with Crippen molar-refractivity contribution >= 4 is 23.6 Å². The van der Waals surface area contributed by atoms with E-state index < -0.39 is 0 Å². The number of carbonyl (C=O) groups is 2. The molecule has 1 saturated carbocycles. The van der Waals surface area contributed by atoms with Crippen LogP contribution in [0.1, 0.15) is 57.1 Å². The van der Waals surface area contributed by atoms with Crippen molar-refractivity contribution < 1.29 is 14.3 Å². The highest BCUT2D eigenvalue weighted by atomic mass is 35.5. The zero-order chi connectivity index (χ0) is 19.2. The largest absolute Gasteiger partial charge is 0.466 e. The number of hydrogen-bond donors (Lipinski definition) is 1. The molecule has 3 rings (SSSR count). The van der Waals surface area contributed by atoms with E-state index in [0.29, 0.717) is 19.1 Å². The van der Waals surface area contributed by atoms with Crippen molar-refractivity contribution in [1.29, 1.82) is 0 Å². The molecular formula is C21H29ClN2O3. The quantitative estimate of drug-likeness (QED) is 0.747. The first-order valence-electron chi connectivity index (χ1n) is 10.1. The van der Waals surface area contributed by atoms with E-state index >= 15 is 0 Å². The molecule has 0 aromatic heterocycles. The molecule has 0 radical (unpaired) electrons. The molecule has 2 aliphatic rings. The number of hydrogen-bond acceptors (Lipinski definition) is 3. The van der Waals surface area contributed by atoms with Gasteiger partial charge in [0.15, 0.2) is 0 Å². The molecule has 0 bridgehead atoms. The second kappa shape index (κ2) is 9.45. The molecule has 0 unspecified atom stereocenters. The average molecular weight is 393 g/mol. The van der Waals surface area contributed by atoms with Gasteiger partial charge in [-0.15, -0.1) is 0 Å². The third kappa shape index (κ3) is 4.95. The van der Waals surface area contributed by atoms with E-state index in [1.807, 2.05) is 36.1 Å². The summed E-state index contributed by atoms with van der Waals surface area (Å²) in [5.41, 5.74) is 1.03. The Kier molecular flexibility index (Phi) is 7.00. The van der Waals surface area contributed by atoms with Crippen LogP contribution in [0.3, 0.4) is 0 Å². The molecule has 1 atom stereocenters. The molecule has 1 aromatic rings. The molecule has 1 aromatic carbocycles. The van der Waals surface area contributed by atoms with Crippen LogP contribution in [0.2, 0.25) is 5.02 Å². The van der Waals surface area contributed by atoms with Gasteiger partial charge in [-0.1, -0.05) is 29.8 Å². The van der Waals surface area contributed by atoms with E-state index in [-0.39, 0.29) is 24.0 Å². The van der Waals surface area contributed by atoms with E-state index in [9.17, 15) is 9.59 Å². The van der Waals surface area contributed by atoms with Gasteiger partial charge >= 0.3 is 12.0 Å². The fourth-order valence-electron chi connectivity index (χ4n) is 4.27. The Bertz CT molecular complexity index is 659. The number of nitrogens with zero attached hydrogens (tertiary/aromatic N) is 1. The number of urea groups is 1. The summed E-state index contributed by atoms with van der Waals surface area (Å²) in [6, 6.07) is 7.82. The van der Waals surface area contributed by atoms with Crippen molar-refractivity contribution in [2.75, 3.05) is 19.7 Å². The summed E-state index contributed by atoms with van der Waals surface area (Å²) >= 11 is 6.34. The van der Waals surface area contributed by atoms with Crippen LogP contribution in [0.15, 0.2) is 24.3 Å². The Hall–Kier alpha value is -1.75. The lowest BCUT2D eigenvalue weighted by Gasteiger charge is -2.29. The lowest BCUT2D eigenvalue weighted by Crippen LogP contribution is -2.42. The number of ether oxygens (including phenoxy) is 1. The maximum absolute atomic E-state index is 12.7. The van der Waals surface area contributed by atoms with Crippen LogP contribution >= 0.6 is 11.6 Å². The minimum Gasteiger partial charge on any atom is -0.466 e. The SMILES string of the molecule is CCOC(=O)C1CCC(CNC(=O)N2CCC[C@H]2c2ccccc2Cl)CC1. The van der Waals surface area contributed by atoms with Crippen molar-refractivity contribution in [2.24, 2.45) is 11.8 Å². The van der Waals surface area contributed by atoms with Crippen molar-refractivity contribution in [3.63, 3.8) is 0 Å². The minimum atomic E-state index is -0.0698. The van der Waals surface area contributed by atoms with E-state index in [1.165, 1.54) is 0 Å². The van der Waals surface area contributed by atoms with Crippen LogP contribution in [0.4, 0.5) is 4.79 Å². The molecule has 1 heterocycles. The zero-order valence-corrected chi connectivity index (χ0v) is 16.7. The van der Waals surface area contributed by atoms with Gasteiger partial charge in [-0.3, -0.25) is 4.79 Å². The molecule has 1 aliphatic heterocycles. The van der Waals surface area contributed by atoms with Crippen molar-refractivity contribution in [2.45, 2.75) is 51.5 Å². The summed E-state index contributed by atoms with van der Waals surface area (Å²) in [6.07, 6.45) is 5.56. The fourth-order valence-corrected chi connectivity index (χ4v) is 4.54. The number of benzene rings is 1. The Morgan fingerprint density at radius 3 is 2.63 bits per heavy atom. The second-order valence-corrected chi connectivity index (χ2v) is 7.94. The molecule has 2 fully saturated rings. The summed E-state index contributed by atoms with van der Waals surface area (Å²) in [5, 5.41) is 3.83. The van der Waals surface area contributed by atoms with Crippen molar-refractivity contribution in [1.82, 2.24) is 10.2 Å². The van der Waals surface area contributed by atoms with E-state index in [2.05, 4.69) is 5.32 Å². The molecular weight excluding hydrogens is 364 g/mol. The molecule has 27 heavy (non-hydrogen) atoms. The molecule has 0 spiro atoms. The normalized spacial score (nSPS) is 25.3. The van der Waals surface area contributed by atoms with Crippen LogP contribution in [-0.4, -0.2) is 36.6 Å². The van der Waals surface area contributed by atoms with Crippen LogP contribution in [0.25, 0.3) is 0 Å². The zero-order valence-electron chi connectivity index (χ0n) is 16.0. The number of halogens is 1. The first-order chi connectivity index (χ1) is 13.1. The van der Waals surface area contributed by atoms with Gasteiger partial charge in [0.1, 0.15) is 0 Å². The van der Waals surface area contributed by atoms with Crippen LogP contribution in [0, 0.1) is 11.8 Å². The van der Waals surface area contributed by atoms with Crippen molar-refractivity contribution in [3.05, 3.63) is 34.9 Å². The number of nitrogens with one attached hydrogen (secondary N) is 1. The topological polar surface area (TPSA) is 58.6 Å². The summed E-state index contributed by atoms with van der Waals surface area (Å²) < 4.78 is 5.12. The highest BCUT2D eigenvalue weighted by Gasteiger charge is 2.32. The molecule has 2 amide bonds. The Morgan fingerprint density at radius 2 is 1.93 bits per heavy atom. The molecule has 5 nitrogen and oxygen atoms in total. The molecule has 6 heteroatoms. The second-order valence-electron chi connectivity index (χ2n) is 7.53.